The van der Waals surface area contributed by atoms with Crippen molar-refractivity contribution in [2.45, 2.75) is 37.2 Å². The van der Waals surface area contributed by atoms with Gasteiger partial charge in [0.1, 0.15) is 0 Å². The molecule has 0 amide bonds. The number of nitrogens with zero attached hydrogens (tertiary/aromatic N) is 1. The Morgan fingerprint density at radius 1 is 1.30 bits per heavy atom. The first-order valence-electron chi connectivity index (χ1n) is 7.52. The van der Waals surface area contributed by atoms with Crippen LogP contribution in [0.5, 0.6) is 0 Å². The van der Waals surface area contributed by atoms with Gasteiger partial charge in [0.2, 0.25) is 10.0 Å². The molecule has 5 nitrogen and oxygen atoms in total. The van der Waals surface area contributed by atoms with Crippen molar-refractivity contribution in [2.24, 2.45) is 5.73 Å². The van der Waals surface area contributed by atoms with Gasteiger partial charge in [-0.05, 0) is 56.5 Å². The predicted molar refractivity (Wildman–Crippen MR) is 97.5 cm³/mol. The highest BCUT2D eigenvalue weighted by Crippen LogP contribution is 2.25. The molecule has 0 radical (unpaired) electrons. The third kappa shape index (κ3) is 5.69. The van der Waals surface area contributed by atoms with Crippen LogP contribution in [0.25, 0.3) is 0 Å². The van der Waals surface area contributed by atoms with E-state index in [0.717, 1.165) is 29.3 Å². The Morgan fingerprint density at radius 3 is 2.52 bits per heavy atom. The number of sulfonamides is 1. The number of aryl methyl sites for hydroxylation is 1. The Labute approximate surface area is 153 Å². The fourth-order valence-corrected chi connectivity index (χ4v) is 4.93. The van der Waals surface area contributed by atoms with Crippen LogP contribution >= 0.6 is 28.3 Å². The average Bonchev–Trinajstić information content (AvgIpc) is 2.47. The molecule has 0 atom stereocenters. The molecule has 1 aromatic carbocycles. The molecule has 0 aromatic heterocycles. The second kappa shape index (κ2) is 9.34. The zero-order valence-electron chi connectivity index (χ0n) is 13.2. The molecule has 0 aliphatic carbocycles. The summed E-state index contributed by atoms with van der Waals surface area (Å²) in [5.74, 6) is 0. The quantitative estimate of drug-likeness (QED) is 0.708. The highest BCUT2D eigenvalue weighted by atomic mass is 79.9. The summed E-state index contributed by atoms with van der Waals surface area (Å²) in [6.45, 7) is 4.16. The molecule has 2 rings (SSSR count). The number of rotatable bonds is 6. The molecule has 1 aliphatic rings. The Kier molecular flexibility index (Phi) is 8.47. The third-order valence-electron chi connectivity index (χ3n) is 3.76. The molecule has 0 unspecified atom stereocenters. The number of piperidine rings is 1. The van der Waals surface area contributed by atoms with Crippen LogP contribution in [0, 0.1) is 6.92 Å². The zero-order chi connectivity index (χ0) is 16.2. The third-order valence-corrected chi connectivity index (χ3v) is 6.09. The van der Waals surface area contributed by atoms with Crippen LogP contribution < -0.4 is 5.73 Å². The molecule has 8 heteroatoms. The van der Waals surface area contributed by atoms with Gasteiger partial charge in [0, 0.05) is 24.2 Å². The second-order valence-electron chi connectivity index (χ2n) is 5.58. The van der Waals surface area contributed by atoms with Crippen molar-refractivity contribution in [1.29, 1.82) is 0 Å². The summed E-state index contributed by atoms with van der Waals surface area (Å²) in [7, 11) is -3.43. The van der Waals surface area contributed by atoms with E-state index in [1.165, 1.54) is 0 Å². The summed E-state index contributed by atoms with van der Waals surface area (Å²) in [5.41, 5.74) is 6.36. The van der Waals surface area contributed by atoms with Crippen molar-refractivity contribution >= 4 is 38.4 Å². The Morgan fingerprint density at radius 2 is 1.96 bits per heavy atom. The van der Waals surface area contributed by atoms with Gasteiger partial charge < -0.3 is 10.5 Å². The first-order valence-corrected chi connectivity index (χ1v) is 9.76. The molecule has 1 heterocycles. The largest absolute Gasteiger partial charge is 0.378 e. The van der Waals surface area contributed by atoms with Crippen molar-refractivity contribution in [3.63, 3.8) is 0 Å². The standard InChI is InChI=1S/C15H23BrN2O3S.ClH/c1-12-9-13(16)11-15(10-12)22(19,20)18-6-3-14(4-7-18)21-8-2-5-17;/h9-11,14H,2-8,17H2,1H3;1H. The van der Waals surface area contributed by atoms with Crippen LogP contribution in [0.3, 0.4) is 0 Å². The van der Waals surface area contributed by atoms with E-state index in [1.807, 2.05) is 13.0 Å². The molecule has 132 valence electrons. The lowest BCUT2D eigenvalue weighted by Crippen LogP contribution is -2.41. The molecular formula is C15H24BrClN2O3S. The van der Waals surface area contributed by atoms with E-state index in [-0.39, 0.29) is 18.5 Å². The summed E-state index contributed by atoms with van der Waals surface area (Å²) in [6, 6.07) is 5.27. The number of nitrogens with two attached hydrogens (primary N) is 1. The summed E-state index contributed by atoms with van der Waals surface area (Å²) < 4.78 is 33.5. The van der Waals surface area contributed by atoms with Gasteiger partial charge in [0.15, 0.2) is 0 Å². The van der Waals surface area contributed by atoms with Crippen molar-refractivity contribution in [1.82, 2.24) is 4.31 Å². The van der Waals surface area contributed by atoms with Crippen molar-refractivity contribution < 1.29 is 13.2 Å². The molecule has 0 saturated carbocycles. The van der Waals surface area contributed by atoms with Crippen LogP contribution in [-0.4, -0.2) is 45.1 Å². The molecular weight excluding hydrogens is 404 g/mol. The first-order chi connectivity index (χ1) is 10.4. The molecule has 0 spiro atoms. The van der Waals surface area contributed by atoms with E-state index >= 15 is 0 Å². The fourth-order valence-electron chi connectivity index (χ4n) is 2.57. The van der Waals surface area contributed by atoms with Gasteiger partial charge in [-0.1, -0.05) is 15.9 Å². The van der Waals surface area contributed by atoms with Gasteiger partial charge in [-0.2, -0.15) is 4.31 Å². The first kappa shape index (κ1) is 20.9. The van der Waals surface area contributed by atoms with Crippen LogP contribution in [0.4, 0.5) is 0 Å². The minimum absolute atomic E-state index is 0. The molecule has 23 heavy (non-hydrogen) atoms. The highest BCUT2D eigenvalue weighted by Gasteiger charge is 2.29. The molecule has 2 N–H and O–H groups in total. The Hall–Kier alpha value is -0.180. The summed E-state index contributed by atoms with van der Waals surface area (Å²) in [4.78, 5) is 0.349. The van der Waals surface area contributed by atoms with Crippen LogP contribution in [0.1, 0.15) is 24.8 Å². The van der Waals surface area contributed by atoms with E-state index in [2.05, 4.69) is 15.9 Å². The monoisotopic (exact) mass is 426 g/mol. The normalized spacial score (nSPS) is 17.0. The summed E-state index contributed by atoms with van der Waals surface area (Å²) >= 11 is 3.36. The van der Waals surface area contributed by atoms with Gasteiger partial charge in [0.05, 0.1) is 11.0 Å². The average molecular weight is 428 g/mol. The maximum atomic E-state index is 12.7. The lowest BCUT2D eigenvalue weighted by atomic mass is 10.1. The molecule has 1 fully saturated rings. The Bertz CT molecular complexity index is 584. The second-order valence-corrected chi connectivity index (χ2v) is 8.43. The van der Waals surface area contributed by atoms with E-state index < -0.39 is 10.0 Å². The van der Waals surface area contributed by atoms with Gasteiger partial charge >= 0.3 is 0 Å². The smallest absolute Gasteiger partial charge is 0.243 e. The minimum Gasteiger partial charge on any atom is -0.378 e. The van der Waals surface area contributed by atoms with E-state index in [1.54, 1.807) is 16.4 Å². The maximum Gasteiger partial charge on any atom is 0.243 e. The summed E-state index contributed by atoms with van der Waals surface area (Å²) in [5, 5.41) is 0. The molecule has 0 bridgehead atoms. The minimum atomic E-state index is -3.43. The number of halogens is 2. The van der Waals surface area contributed by atoms with Crippen LogP contribution in [-0.2, 0) is 14.8 Å². The maximum absolute atomic E-state index is 12.7. The lowest BCUT2D eigenvalue weighted by Gasteiger charge is -2.31. The summed E-state index contributed by atoms with van der Waals surface area (Å²) in [6.07, 6.45) is 2.45. The van der Waals surface area contributed by atoms with Gasteiger partial charge in [0.25, 0.3) is 0 Å². The van der Waals surface area contributed by atoms with Crippen LogP contribution in [0.15, 0.2) is 27.6 Å². The Balaban J connectivity index is 0.00000264. The molecule has 1 aromatic rings. The molecule has 1 aliphatic heterocycles. The van der Waals surface area contributed by atoms with Crippen molar-refractivity contribution in [2.75, 3.05) is 26.2 Å². The molecule has 1 saturated heterocycles. The lowest BCUT2D eigenvalue weighted by molar-refractivity contribution is 0.0209. The topological polar surface area (TPSA) is 72.6 Å². The van der Waals surface area contributed by atoms with E-state index in [9.17, 15) is 8.42 Å². The SMILES string of the molecule is Cc1cc(Br)cc(S(=O)(=O)N2CCC(OCCCN)CC2)c1.Cl. The fraction of sp³-hybridized carbons (Fsp3) is 0.600. The van der Waals surface area contributed by atoms with Gasteiger partial charge in [-0.3, -0.25) is 0 Å². The van der Waals surface area contributed by atoms with Crippen LogP contribution in [0.2, 0.25) is 0 Å². The number of benzene rings is 1. The number of hydrogen-bond donors (Lipinski definition) is 1. The zero-order valence-corrected chi connectivity index (χ0v) is 16.4. The highest BCUT2D eigenvalue weighted by molar-refractivity contribution is 9.10. The number of hydrogen-bond acceptors (Lipinski definition) is 4. The van der Waals surface area contributed by atoms with Gasteiger partial charge in [-0.15, -0.1) is 12.4 Å². The number of ether oxygens (including phenoxy) is 1. The van der Waals surface area contributed by atoms with E-state index in [0.29, 0.717) is 31.1 Å². The van der Waals surface area contributed by atoms with Gasteiger partial charge in [-0.25, -0.2) is 8.42 Å². The van der Waals surface area contributed by atoms with Crippen molar-refractivity contribution in [3.05, 3.63) is 28.2 Å². The van der Waals surface area contributed by atoms with Crippen molar-refractivity contribution in [3.8, 4) is 0 Å². The van der Waals surface area contributed by atoms with E-state index in [4.69, 9.17) is 10.5 Å². The predicted octanol–water partition coefficient (Wildman–Crippen LogP) is 2.70.